The summed E-state index contributed by atoms with van der Waals surface area (Å²) in [6.45, 7) is 3.40. The Hall–Kier alpha value is -1.41. The van der Waals surface area contributed by atoms with Gasteiger partial charge in [-0.2, -0.15) is 0 Å². The number of nitrogens with zero attached hydrogens (tertiary/aromatic N) is 1. The van der Waals surface area contributed by atoms with Gasteiger partial charge in [-0.1, -0.05) is 17.9 Å². The maximum absolute atomic E-state index is 14.1. The highest BCUT2D eigenvalue weighted by Gasteiger charge is 2.22. The lowest BCUT2D eigenvalue weighted by Gasteiger charge is -2.16. The predicted octanol–water partition coefficient (Wildman–Crippen LogP) is 2.03. The highest BCUT2D eigenvalue weighted by Crippen LogP contribution is 2.20. The van der Waals surface area contributed by atoms with Gasteiger partial charge in [0.25, 0.3) is 0 Å². The largest absolute Gasteiger partial charge is 0.395 e. The summed E-state index contributed by atoms with van der Waals surface area (Å²) in [5.74, 6) is 6.00. The van der Waals surface area contributed by atoms with Crippen LogP contribution in [0.25, 0.3) is 0 Å². The summed E-state index contributed by atoms with van der Waals surface area (Å²) in [6, 6.07) is 5.12. The number of ether oxygens (including phenoxy) is 1. The third-order valence-corrected chi connectivity index (χ3v) is 3.69. The van der Waals surface area contributed by atoms with Gasteiger partial charge in [0, 0.05) is 37.7 Å². The number of aliphatic hydroxyl groups excluding tert-OH is 1. The van der Waals surface area contributed by atoms with Gasteiger partial charge in [-0.15, -0.1) is 0 Å². The standard InChI is InChI=1S/C17H22FNO2/c1-21-13-15-7-8-19(11-15)12-16-6-5-14(10-17(16)18)4-2-3-9-20/h5-6,10,15,20H,3,7-9,11-13H2,1H3. The second kappa shape index (κ2) is 8.14. The predicted molar refractivity (Wildman–Crippen MR) is 80.2 cm³/mol. The first kappa shape index (κ1) is 16.0. The highest BCUT2D eigenvalue weighted by molar-refractivity contribution is 5.37. The van der Waals surface area contributed by atoms with Gasteiger partial charge in [0.15, 0.2) is 0 Å². The first-order chi connectivity index (χ1) is 10.2. The molecule has 1 aromatic rings. The minimum Gasteiger partial charge on any atom is -0.395 e. The van der Waals surface area contributed by atoms with Crippen LogP contribution in [0.4, 0.5) is 4.39 Å². The van der Waals surface area contributed by atoms with Gasteiger partial charge in [0.1, 0.15) is 5.82 Å². The molecule has 2 rings (SSSR count). The smallest absolute Gasteiger partial charge is 0.128 e. The maximum atomic E-state index is 14.1. The molecule has 21 heavy (non-hydrogen) atoms. The second-order valence-corrected chi connectivity index (χ2v) is 5.43. The third kappa shape index (κ3) is 4.82. The van der Waals surface area contributed by atoms with Crippen LogP contribution in [-0.4, -0.2) is 43.4 Å². The summed E-state index contributed by atoms with van der Waals surface area (Å²) < 4.78 is 19.3. The molecule has 1 aliphatic heterocycles. The van der Waals surface area contributed by atoms with Gasteiger partial charge in [-0.05, 0) is 31.0 Å². The topological polar surface area (TPSA) is 32.7 Å². The molecule has 0 saturated carbocycles. The molecule has 1 unspecified atom stereocenters. The number of methoxy groups -OCH3 is 1. The molecule has 1 fully saturated rings. The van der Waals surface area contributed by atoms with Crippen LogP contribution in [0, 0.1) is 23.6 Å². The molecule has 0 aromatic heterocycles. The van der Waals surface area contributed by atoms with Crippen molar-refractivity contribution in [2.45, 2.75) is 19.4 Å². The summed E-state index contributed by atoms with van der Waals surface area (Å²) in [7, 11) is 1.72. The zero-order valence-electron chi connectivity index (χ0n) is 12.4. The fourth-order valence-electron chi connectivity index (χ4n) is 2.64. The van der Waals surface area contributed by atoms with Crippen molar-refractivity contribution in [2.24, 2.45) is 5.92 Å². The lowest BCUT2D eigenvalue weighted by Crippen LogP contribution is -2.21. The van der Waals surface area contributed by atoms with Gasteiger partial charge >= 0.3 is 0 Å². The van der Waals surface area contributed by atoms with Gasteiger partial charge in [-0.25, -0.2) is 4.39 Å². The van der Waals surface area contributed by atoms with E-state index >= 15 is 0 Å². The molecule has 1 heterocycles. The van der Waals surface area contributed by atoms with Crippen molar-refractivity contribution in [1.82, 2.24) is 4.90 Å². The fourth-order valence-corrected chi connectivity index (χ4v) is 2.64. The van der Waals surface area contributed by atoms with Crippen LogP contribution >= 0.6 is 0 Å². The van der Waals surface area contributed by atoms with Crippen molar-refractivity contribution in [2.75, 3.05) is 33.4 Å². The minimum absolute atomic E-state index is 0.0329. The van der Waals surface area contributed by atoms with E-state index in [2.05, 4.69) is 16.7 Å². The quantitative estimate of drug-likeness (QED) is 0.843. The summed E-state index contributed by atoms with van der Waals surface area (Å²) >= 11 is 0. The molecule has 0 amide bonds. The van der Waals surface area contributed by atoms with Crippen LogP contribution in [0.5, 0.6) is 0 Å². The van der Waals surface area contributed by atoms with Crippen molar-refractivity contribution >= 4 is 0 Å². The average molecular weight is 291 g/mol. The first-order valence-corrected chi connectivity index (χ1v) is 7.32. The molecule has 1 aromatic carbocycles. The summed E-state index contributed by atoms with van der Waals surface area (Å²) in [5.41, 5.74) is 1.36. The Balaban J connectivity index is 1.94. The molecule has 1 atom stereocenters. The van der Waals surface area contributed by atoms with Gasteiger partial charge in [0.2, 0.25) is 0 Å². The number of hydrogen-bond donors (Lipinski definition) is 1. The Labute approximate surface area is 125 Å². The molecule has 1 N–H and O–H groups in total. The van der Waals surface area contributed by atoms with Crippen LogP contribution in [-0.2, 0) is 11.3 Å². The third-order valence-electron chi connectivity index (χ3n) is 3.69. The van der Waals surface area contributed by atoms with Crippen LogP contribution in [0.15, 0.2) is 18.2 Å². The Morgan fingerprint density at radius 3 is 3.05 bits per heavy atom. The summed E-state index contributed by atoms with van der Waals surface area (Å²) in [6.07, 6.45) is 1.53. The van der Waals surface area contributed by atoms with Crippen LogP contribution in [0.2, 0.25) is 0 Å². The second-order valence-electron chi connectivity index (χ2n) is 5.43. The molecule has 1 aliphatic rings. The first-order valence-electron chi connectivity index (χ1n) is 7.32. The van der Waals surface area contributed by atoms with E-state index in [0.29, 0.717) is 30.0 Å². The number of aliphatic hydroxyl groups is 1. The maximum Gasteiger partial charge on any atom is 0.128 e. The van der Waals surface area contributed by atoms with Crippen LogP contribution < -0.4 is 0 Å². The van der Waals surface area contributed by atoms with Crippen molar-refractivity contribution in [3.05, 3.63) is 35.1 Å². The molecule has 0 bridgehead atoms. The normalized spacial score (nSPS) is 18.5. The molecular weight excluding hydrogens is 269 g/mol. The SMILES string of the molecule is COCC1CCN(Cc2ccc(C#CCCO)cc2F)C1. The molecule has 0 spiro atoms. The number of halogens is 1. The van der Waals surface area contributed by atoms with Gasteiger partial charge < -0.3 is 9.84 Å². The molecule has 3 nitrogen and oxygen atoms in total. The molecule has 4 heteroatoms. The van der Waals surface area contributed by atoms with E-state index in [4.69, 9.17) is 9.84 Å². The number of benzene rings is 1. The fraction of sp³-hybridized carbons (Fsp3) is 0.529. The number of rotatable bonds is 5. The van der Waals surface area contributed by atoms with Gasteiger partial charge in [-0.3, -0.25) is 4.90 Å². The monoisotopic (exact) mass is 291 g/mol. The van der Waals surface area contributed by atoms with E-state index in [1.165, 1.54) is 6.07 Å². The van der Waals surface area contributed by atoms with Gasteiger partial charge in [0.05, 0.1) is 13.2 Å². The zero-order chi connectivity index (χ0) is 15.1. The van der Waals surface area contributed by atoms with Crippen LogP contribution in [0.3, 0.4) is 0 Å². The lowest BCUT2D eigenvalue weighted by atomic mass is 10.1. The van der Waals surface area contributed by atoms with Crippen molar-refractivity contribution in [1.29, 1.82) is 0 Å². The van der Waals surface area contributed by atoms with Crippen molar-refractivity contribution in [3.63, 3.8) is 0 Å². The molecule has 1 saturated heterocycles. The number of hydrogen-bond acceptors (Lipinski definition) is 3. The molecule has 0 aliphatic carbocycles. The van der Waals surface area contributed by atoms with E-state index in [1.807, 2.05) is 12.1 Å². The number of likely N-dealkylation sites (tertiary alicyclic amines) is 1. The van der Waals surface area contributed by atoms with E-state index in [9.17, 15) is 4.39 Å². The zero-order valence-corrected chi connectivity index (χ0v) is 12.4. The Bertz CT molecular complexity index is 521. The molecule has 0 radical (unpaired) electrons. The van der Waals surface area contributed by atoms with E-state index in [1.54, 1.807) is 7.11 Å². The molecular formula is C17H22FNO2. The summed E-state index contributed by atoms with van der Waals surface area (Å²) in [4.78, 5) is 2.26. The average Bonchev–Trinajstić information content (AvgIpc) is 2.90. The van der Waals surface area contributed by atoms with Crippen LogP contribution in [0.1, 0.15) is 24.0 Å². The Morgan fingerprint density at radius 1 is 1.48 bits per heavy atom. The summed E-state index contributed by atoms with van der Waals surface area (Å²) in [5, 5.41) is 8.67. The van der Waals surface area contributed by atoms with E-state index in [-0.39, 0.29) is 12.4 Å². The minimum atomic E-state index is -0.207. The van der Waals surface area contributed by atoms with E-state index in [0.717, 1.165) is 26.1 Å². The lowest BCUT2D eigenvalue weighted by molar-refractivity contribution is 0.152. The van der Waals surface area contributed by atoms with Crippen molar-refractivity contribution < 1.29 is 14.2 Å². The highest BCUT2D eigenvalue weighted by atomic mass is 19.1. The Kier molecular flexibility index (Phi) is 6.19. The van der Waals surface area contributed by atoms with E-state index < -0.39 is 0 Å². The van der Waals surface area contributed by atoms with Crippen molar-refractivity contribution in [3.8, 4) is 11.8 Å². The Morgan fingerprint density at radius 2 is 2.33 bits per heavy atom. The molecule has 114 valence electrons.